The summed E-state index contributed by atoms with van der Waals surface area (Å²) in [5.74, 6) is 0.459. The molecule has 0 aromatic carbocycles. The second-order valence-corrected chi connectivity index (χ2v) is 6.33. The number of aliphatic hydroxyl groups excluding tert-OH is 1. The predicted octanol–water partition coefficient (Wildman–Crippen LogP) is 1.57. The van der Waals surface area contributed by atoms with Crippen LogP contribution in [-0.2, 0) is 0 Å². The highest BCUT2D eigenvalue weighted by atomic mass is 16.3. The highest BCUT2D eigenvalue weighted by molar-refractivity contribution is 5.74. The first-order chi connectivity index (χ1) is 9.52. The molecule has 0 aromatic heterocycles. The summed E-state index contributed by atoms with van der Waals surface area (Å²) in [4.78, 5) is 14.1. The van der Waals surface area contributed by atoms with Crippen LogP contribution in [0.4, 0.5) is 4.79 Å². The lowest BCUT2D eigenvalue weighted by atomic mass is 10.0. The summed E-state index contributed by atoms with van der Waals surface area (Å²) < 4.78 is 0. The van der Waals surface area contributed by atoms with Gasteiger partial charge in [0.05, 0.1) is 12.6 Å². The molecule has 0 aromatic rings. The number of nitrogens with zero attached hydrogens (tertiary/aromatic N) is 1. The number of hydrogen-bond acceptors (Lipinski definition) is 3. The molecule has 0 saturated heterocycles. The van der Waals surface area contributed by atoms with E-state index in [0.717, 1.165) is 13.0 Å². The lowest BCUT2D eigenvalue weighted by molar-refractivity contribution is 0.203. The SMILES string of the molecule is CC(C)CC(CO)NC(=O)NCCN(C)C1CCCC1. The van der Waals surface area contributed by atoms with E-state index in [2.05, 4.69) is 36.4 Å². The largest absolute Gasteiger partial charge is 0.394 e. The average molecular weight is 285 g/mol. The van der Waals surface area contributed by atoms with Crippen LogP contribution in [0.1, 0.15) is 46.0 Å². The summed E-state index contributed by atoms with van der Waals surface area (Å²) in [6.07, 6.45) is 6.02. The number of rotatable bonds is 8. The van der Waals surface area contributed by atoms with Crippen LogP contribution < -0.4 is 10.6 Å². The van der Waals surface area contributed by atoms with Crippen molar-refractivity contribution in [3.63, 3.8) is 0 Å². The summed E-state index contributed by atoms with van der Waals surface area (Å²) in [5.41, 5.74) is 0. The summed E-state index contributed by atoms with van der Waals surface area (Å²) in [5, 5.41) is 14.9. The van der Waals surface area contributed by atoms with Crippen molar-refractivity contribution in [2.24, 2.45) is 5.92 Å². The van der Waals surface area contributed by atoms with Gasteiger partial charge in [-0.1, -0.05) is 26.7 Å². The fraction of sp³-hybridized carbons (Fsp3) is 0.933. The Morgan fingerprint density at radius 1 is 1.35 bits per heavy atom. The molecule has 2 amide bonds. The van der Waals surface area contributed by atoms with E-state index < -0.39 is 0 Å². The molecule has 1 saturated carbocycles. The van der Waals surface area contributed by atoms with Gasteiger partial charge in [0.25, 0.3) is 0 Å². The normalized spacial score (nSPS) is 17.7. The van der Waals surface area contributed by atoms with Crippen molar-refractivity contribution in [2.45, 2.75) is 58.0 Å². The van der Waals surface area contributed by atoms with Crippen molar-refractivity contribution < 1.29 is 9.90 Å². The molecule has 1 atom stereocenters. The second kappa shape index (κ2) is 9.19. The minimum Gasteiger partial charge on any atom is -0.394 e. The van der Waals surface area contributed by atoms with E-state index in [1.807, 2.05) is 0 Å². The van der Waals surface area contributed by atoms with Gasteiger partial charge in [-0.2, -0.15) is 0 Å². The van der Waals surface area contributed by atoms with Crippen molar-refractivity contribution >= 4 is 6.03 Å². The molecular weight excluding hydrogens is 254 g/mol. The first-order valence-electron chi connectivity index (χ1n) is 7.88. The van der Waals surface area contributed by atoms with Gasteiger partial charge in [-0.25, -0.2) is 4.79 Å². The Kier molecular flexibility index (Phi) is 7.92. The number of carbonyl (C=O) groups excluding carboxylic acids is 1. The monoisotopic (exact) mass is 285 g/mol. The van der Waals surface area contributed by atoms with Crippen molar-refractivity contribution in [1.82, 2.24) is 15.5 Å². The molecule has 0 radical (unpaired) electrons. The van der Waals surface area contributed by atoms with E-state index in [-0.39, 0.29) is 18.7 Å². The van der Waals surface area contributed by atoms with E-state index in [1.165, 1.54) is 25.7 Å². The van der Waals surface area contributed by atoms with Gasteiger partial charge in [0.2, 0.25) is 0 Å². The standard InChI is InChI=1S/C15H31N3O2/c1-12(2)10-13(11-19)17-15(20)16-8-9-18(3)14-6-4-5-7-14/h12-14,19H,4-11H2,1-3H3,(H2,16,17,20). The van der Waals surface area contributed by atoms with E-state index >= 15 is 0 Å². The molecule has 0 spiro atoms. The molecule has 0 heterocycles. The highest BCUT2D eigenvalue weighted by Gasteiger charge is 2.19. The number of likely N-dealkylation sites (N-methyl/N-ethyl adjacent to an activating group) is 1. The van der Waals surface area contributed by atoms with Gasteiger partial charge in [0, 0.05) is 19.1 Å². The average Bonchev–Trinajstić information content (AvgIpc) is 2.91. The van der Waals surface area contributed by atoms with Crippen LogP contribution in [0.25, 0.3) is 0 Å². The molecule has 118 valence electrons. The maximum atomic E-state index is 11.7. The first-order valence-corrected chi connectivity index (χ1v) is 7.88. The molecule has 0 bridgehead atoms. The number of amides is 2. The Balaban J connectivity index is 2.15. The molecule has 1 rings (SSSR count). The van der Waals surface area contributed by atoms with Gasteiger partial charge in [0.1, 0.15) is 0 Å². The number of hydrogen-bond donors (Lipinski definition) is 3. The minimum absolute atomic E-state index is 0.00637. The zero-order valence-corrected chi connectivity index (χ0v) is 13.2. The number of nitrogens with one attached hydrogen (secondary N) is 2. The third-order valence-corrected chi connectivity index (χ3v) is 4.01. The van der Waals surface area contributed by atoms with Crippen molar-refractivity contribution in [3.8, 4) is 0 Å². The molecule has 5 heteroatoms. The lowest BCUT2D eigenvalue weighted by Crippen LogP contribution is -2.46. The first kappa shape index (κ1) is 17.2. The Morgan fingerprint density at radius 3 is 2.55 bits per heavy atom. The smallest absolute Gasteiger partial charge is 0.315 e. The Labute approximate surface area is 123 Å². The Bertz CT molecular complexity index is 278. The van der Waals surface area contributed by atoms with Crippen LogP contribution >= 0.6 is 0 Å². The van der Waals surface area contributed by atoms with Gasteiger partial charge >= 0.3 is 6.03 Å². The van der Waals surface area contributed by atoms with Gasteiger partial charge in [0.15, 0.2) is 0 Å². The number of carbonyl (C=O) groups is 1. The van der Waals surface area contributed by atoms with Gasteiger partial charge in [-0.3, -0.25) is 0 Å². The molecule has 5 nitrogen and oxygen atoms in total. The van der Waals surface area contributed by atoms with Crippen LogP contribution in [0.2, 0.25) is 0 Å². The fourth-order valence-electron chi connectivity index (χ4n) is 2.86. The van der Waals surface area contributed by atoms with Crippen LogP contribution in [0, 0.1) is 5.92 Å². The van der Waals surface area contributed by atoms with Crippen molar-refractivity contribution in [1.29, 1.82) is 0 Å². The van der Waals surface area contributed by atoms with Crippen LogP contribution in [0.15, 0.2) is 0 Å². The van der Waals surface area contributed by atoms with E-state index in [9.17, 15) is 9.90 Å². The maximum absolute atomic E-state index is 11.7. The summed E-state index contributed by atoms with van der Waals surface area (Å²) in [7, 11) is 2.13. The second-order valence-electron chi connectivity index (χ2n) is 6.33. The van der Waals surface area contributed by atoms with Gasteiger partial charge < -0.3 is 20.6 Å². The molecular formula is C15H31N3O2. The van der Waals surface area contributed by atoms with Gasteiger partial charge in [-0.15, -0.1) is 0 Å². The lowest BCUT2D eigenvalue weighted by Gasteiger charge is -2.24. The number of urea groups is 1. The Morgan fingerprint density at radius 2 is 2.00 bits per heavy atom. The zero-order chi connectivity index (χ0) is 15.0. The highest BCUT2D eigenvalue weighted by Crippen LogP contribution is 2.21. The van der Waals surface area contributed by atoms with Crippen molar-refractivity contribution in [2.75, 3.05) is 26.7 Å². The molecule has 1 aliphatic carbocycles. The quantitative estimate of drug-likeness (QED) is 0.634. The summed E-state index contributed by atoms with van der Waals surface area (Å²) in [6, 6.07) is 0.359. The van der Waals surface area contributed by atoms with E-state index in [0.29, 0.717) is 18.5 Å². The summed E-state index contributed by atoms with van der Waals surface area (Å²) in [6.45, 7) is 5.69. The molecule has 20 heavy (non-hydrogen) atoms. The third kappa shape index (κ3) is 6.57. The summed E-state index contributed by atoms with van der Waals surface area (Å²) >= 11 is 0. The van der Waals surface area contributed by atoms with Crippen LogP contribution in [0.3, 0.4) is 0 Å². The molecule has 0 aliphatic heterocycles. The van der Waals surface area contributed by atoms with Crippen molar-refractivity contribution in [3.05, 3.63) is 0 Å². The number of aliphatic hydroxyl groups is 1. The third-order valence-electron chi connectivity index (χ3n) is 4.01. The predicted molar refractivity (Wildman–Crippen MR) is 81.7 cm³/mol. The Hall–Kier alpha value is -0.810. The fourth-order valence-corrected chi connectivity index (χ4v) is 2.86. The zero-order valence-electron chi connectivity index (χ0n) is 13.2. The molecule has 3 N–H and O–H groups in total. The van der Waals surface area contributed by atoms with Crippen LogP contribution in [-0.4, -0.2) is 54.9 Å². The van der Waals surface area contributed by atoms with E-state index in [1.54, 1.807) is 0 Å². The maximum Gasteiger partial charge on any atom is 0.315 e. The molecule has 1 aliphatic rings. The minimum atomic E-state index is -0.176. The molecule has 1 unspecified atom stereocenters. The topological polar surface area (TPSA) is 64.6 Å². The molecule has 1 fully saturated rings. The van der Waals surface area contributed by atoms with Crippen LogP contribution in [0.5, 0.6) is 0 Å². The van der Waals surface area contributed by atoms with Gasteiger partial charge in [-0.05, 0) is 32.2 Å². The van der Waals surface area contributed by atoms with E-state index in [4.69, 9.17) is 0 Å².